The molecule has 1 aromatic carbocycles. The van der Waals surface area contributed by atoms with Gasteiger partial charge >= 0.3 is 0 Å². The molecular formula is C11H13NO3. The summed E-state index contributed by atoms with van der Waals surface area (Å²) < 4.78 is 10.5. The van der Waals surface area contributed by atoms with Gasteiger partial charge in [-0.25, -0.2) is 0 Å². The third kappa shape index (κ3) is 1.29. The first-order valence-corrected chi connectivity index (χ1v) is 5.04. The molecule has 0 amide bonds. The van der Waals surface area contributed by atoms with Crippen molar-refractivity contribution in [2.45, 2.75) is 24.5 Å². The number of rotatable bonds is 1. The molecule has 0 bridgehead atoms. The first kappa shape index (κ1) is 9.00. The Bertz CT molecular complexity index is 399. The standard InChI is InChI=1S/C11H13NO3/c12-11(4-8(13)5-11)7-1-2-9-10(3-7)15-6-14-9/h1-3,8,13H,4-6,12H2. The van der Waals surface area contributed by atoms with Gasteiger partial charge < -0.3 is 20.3 Å². The van der Waals surface area contributed by atoms with Gasteiger partial charge in [0.1, 0.15) is 0 Å². The highest BCUT2D eigenvalue weighted by molar-refractivity contribution is 5.47. The lowest BCUT2D eigenvalue weighted by Gasteiger charge is -2.42. The molecule has 0 saturated heterocycles. The minimum absolute atomic E-state index is 0.263. The second-order valence-corrected chi connectivity index (χ2v) is 4.29. The minimum atomic E-state index is -0.388. The van der Waals surface area contributed by atoms with E-state index in [1.54, 1.807) is 0 Å². The van der Waals surface area contributed by atoms with E-state index in [1.807, 2.05) is 18.2 Å². The quantitative estimate of drug-likeness (QED) is 0.712. The Kier molecular flexibility index (Phi) is 1.72. The summed E-state index contributed by atoms with van der Waals surface area (Å²) in [5.74, 6) is 1.51. The van der Waals surface area contributed by atoms with Gasteiger partial charge in [0, 0.05) is 5.54 Å². The van der Waals surface area contributed by atoms with Gasteiger partial charge in [0.2, 0.25) is 6.79 Å². The van der Waals surface area contributed by atoms with Gasteiger partial charge in [-0.1, -0.05) is 6.07 Å². The van der Waals surface area contributed by atoms with Crippen LogP contribution in [0.5, 0.6) is 11.5 Å². The van der Waals surface area contributed by atoms with Crippen molar-refractivity contribution in [3.63, 3.8) is 0 Å². The lowest BCUT2D eigenvalue weighted by Crippen LogP contribution is -2.51. The fraction of sp³-hybridized carbons (Fsp3) is 0.455. The number of benzene rings is 1. The Morgan fingerprint density at radius 3 is 2.73 bits per heavy atom. The van der Waals surface area contributed by atoms with Crippen molar-refractivity contribution in [2.24, 2.45) is 5.73 Å². The molecule has 2 aliphatic rings. The lowest BCUT2D eigenvalue weighted by molar-refractivity contribution is 0.0208. The predicted molar refractivity (Wildman–Crippen MR) is 53.7 cm³/mol. The fourth-order valence-electron chi connectivity index (χ4n) is 2.22. The maximum absolute atomic E-state index is 9.30. The Morgan fingerprint density at radius 1 is 1.27 bits per heavy atom. The Morgan fingerprint density at radius 2 is 2.00 bits per heavy atom. The SMILES string of the molecule is NC1(c2ccc3c(c2)OCO3)CC(O)C1. The molecule has 1 aromatic rings. The highest BCUT2D eigenvalue weighted by Crippen LogP contribution is 2.42. The topological polar surface area (TPSA) is 64.7 Å². The van der Waals surface area contributed by atoms with E-state index in [2.05, 4.69) is 0 Å². The molecule has 0 unspecified atom stereocenters. The summed E-state index contributed by atoms with van der Waals surface area (Å²) in [6, 6.07) is 5.73. The molecule has 1 saturated carbocycles. The molecule has 3 rings (SSSR count). The molecule has 0 aromatic heterocycles. The third-order valence-electron chi connectivity index (χ3n) is 3.15. The van der Waals surface area contributed by atoms with Gasteiger partial charge in [-0.05, 0) is 30.5 Å². The van der Waals surface area contributed by atoms with Crippen molar-refractivity contribution < 1.29 is 14.6 Å². The molecule has 1 heterocycles. The van der Waals surface area contributed by atoms with Crippen LogP contribution in [0, 0.1) is 0 Å². The van der Waals surface area contributed by atoms with Gasteiger partial charge in [0.25, 0.3) is 0 Å². The first-order chi connectivity index (χ1) is 7.17. The van der Waals surface area contributed by atoms with Crippen LogP contribution in [0.3, 0.4) is 0 Å². The van der Waals surface area contributed by atoms with Crippen LogP contribution in [0.1, 0.15) is 18.4 Å². The first-order valence-electron chi connectivity index (χ1n) is 5.04. The van der Waals surface area contributed by atoms with Crippen LogP contribution in [0.15, 0.2) is 18.2 Å². The Labute approximate surface area is 87.6 Å². The van der Waals surface area contributed by atoms with Crippen molar-refractivity contribution in [3.05, 3.63) is 23.8 Å². The number of ether oxygens (including phenoxy) is 2. The molecule has 1 fully saturated rings. The van der Waals surface area contributed by atoms with Crippen LogP contribution in [-0.4, -0.2) is 18.0 Å². The number of fused-ring (bicyclic) bond motifs is 1. The maximum atomic E-state index is 9.30. The zero-order chi connectivity index (χ0) is 10.5. The molecule has 15 heavy (non-hydrogen) atoms. The van der Waals surface area contributed by atoms with E-state index in [-0.39, 0.29) is 18.4 Å². The van der Waals surface area contributed by atoms with Gasteiger partial charge in [-0.2, -0.15) is 0 Å². The minimum Gasteiger partial charge on any atom is -0.454 e. The van der Waals surface area contributed by atoms with E-state index < -0.39 is 0 Å². The van der Waals surface area contributed by atoms with E-state index in [4.69, 9.17) is 15.2 Å². The summed E-state index contributed by atoms with van der Waals surface area (Å²) in [5, 5.41) is 9.30. The summed E-state index contributed by atoms with van der Waals surface area (Å²) in [6.07, 6.45) is 0.972. The van der Waals surface area contributed by atoms with Crippen molar-refractivity contribution in [1.29, 1.82) is 0 Å². The van der Waals surface area contributed by atoms with Crippen molar-refractivity contribution in [3.8, 4) is 11.5 Å². The van der Waals surface area contributed by atoms with Gasteiger partial charge in [0.15, 0.2) is 11.5 Å². The van der Waals surface area contributed by atoms with E-state index in [0.717, 1.165) is 17.1 Å². The number of aliphatic hydroxyl groups is 1. The van der Waals surface area contributed by atoms with E-state index in [9.17, 15) is 5.11 Å². The molecule has 80 valence electrons. The zero-order valence-corrected chi connectivity index (χ0v) is 8.27. The predicted octanol–water partition coefficient (Wildman–Crippen LogP) is 0.724. The molecule has 0 atom stereocenters. The molecular weight excluding hydrogens is 194 g/mol. The van der Waals surface area contributed by atoms with Crippen LogP contribution < -0.4 is 15.2 Å². The second kappa shape index (κ2) is 2.87. The summed E-state index contributed by atoms with van der Waals surface area (Å²) in [4.78, 5) is 0. The number of aliphatic hydroxyl groups excluding tert-OH is 1. The molecule has 0 spiro atoms. The van der Waals surface area contributed by atoms with Crippen LogP contribution in [-0.2, 0) is 5.54 Å². The van der Waals surface area contributed by atoms with Crippen LogP contribution in [0.4, 0.5) is 0 Å². The third-order valence-corrected chi connectivity index (χ3v) is 3.15. The van der Waals surface area contributed by atoms with E-state index in [0.29, 0.717) is 12.8 Å². The lowest BCUT2D eigenvalue weighted by atomic mass is 9.70. The summed E-state index contributed by atoms with van der Waals surface area (Å²) >= 11 is 0. The highest BCUT2D eigenvalue weighted by Gasteiger charge is 2.41. The zero-order valence-electron chi connectivity index (χ0n) is 8.27. The van der Waals surface area contributed by atoms with Crippen LogP contribution in [0.2, 0.25) is 0 Å². The Hall–Kier alpha value is -1.26. The monoisotopic (exact) mass is 207 g/mol. The van der Waals surface area contributed by atoms with Gasteiger partial charge in [-0.15, -0.1) is 0 Å². The molecule has 4 nitrogen and oxygen atoms in total. The number of hydrogen-bond donors (Lipinski definition) is 2. The number of hydrogen-bond acceptors (Lipinski definition) is 4. The normalized spacial score (nSPS) is 32.5. The van der Waals surface area contributed by atoms with Crippen LogP contribution in [0.25, 0.3) is 0 Å². The molecule has 1 aliphatic carbocycles. The average Bonchev–Trinajstić information content (AvgIpc) is 2.61. The maximum Gasteiger partial charge on any atom is 0.231 e. The fourth-order valence-corrected chi connectivity index (χ4v) is 2.22. The van der Waals surface area contributed by atoms with Crippen LogP contribution >= 0.6 is 0 Å². The summed E-state index contributed by atoms with van der Waals surface area (Å²) in [5.41, 5.74) is 6.77. The molecule has 1 aliphatic heterocycles. The Balaban J connectivity index is 1.93. The second-order valence-electron chi connectivity index (χ2n) is 4.29. The summed E-state index contributed by atoms with van der Waals surface area (Å²) in [6.45, 7) is 0.277. The largest absolute Gasteiger partial charge is 0.454 e. The smallest absolute Gasteiger partial charge is 0.231 e. The molecule has 4 heteroatoms. The van der Waals surface area contributed by atoms with E-state index in [1.165, 1.54) is 0 Å². The number of nitrogens with two attached hydrogens (primary N) is 1. The van der Waals surface area contributed by atoms with Gasteiger partial charge in [0.05, 0.1) is 6.10 Å². The van der Waals surface area contributed by atoms with E-state index >= 15 is 0 Å². The average molecular weight is 207 g/mol. The van der Waals surface area contributed by atoms with Crippen molar-refractivity contribution in [1.82, 2.24) is 0 Å². The molecule has 3 N–H and O–H groups in total. The van der Waals surface area contributed by atoms with Crippen molar-refractivity contribution in [2.75, 3.05) is 6.79 Å². The van der Waals surface area contributed by atoms with Crippen molar-refractivity contribution >= 4 is 0 Å². The summed E-state index contributed by atoms with van der Waals surface area (Å²) in [7, 11) is 0. The molecule has 0 radical (unpaired) electrons. The highest BCUT2D eigenvalue weighted by atomic mass is 16.7. The van der Waals surface area contributed by atoms with Gasteiger partial charge in [-0.3, -0.25) is 0 Å².